The van der Waals surface area contributed by atoms with Crippen molar-refractivity contribution in [1.82, 2.24) is 0 Å². The van der Waals surface area contributed by atoms with Crippen LogP contribution in [0.15, 0.2) is 53.0 Å². The Balaban J connectivity index is 2.07. The molecule has 1 N–H and O–H groups in total. The Morgan fingerprint density at radius 1 is 1.19 bits per heavy atom. The maximum absolute atomic E-state index is 12.2. The van der Waals surface area contributed by atoms with E-state index in [2.05, 4.69) is 35.1 Å². The van der Waals surface area contributed by atoms with E-state index in [1.54, 1.807) is 12.1 Å². The van der Waals surface area contributed by atoms with E-state index in [9.17, 15) is 4.79 Å². The fourth-order valence-electron chi connectivity index (χ4n) is 1.74. The summed E-state index contributed by atoms with van der Waals surface area (Å²) in [5, 5.41) is 2.85. The van der Waals surface area contributed by atoms with E-state index in [0.717, 1.165) is 15.9 Å². The summed E-state index contributed by atoms with van der Waals surface area (Å²) in [7, 11) is 0. The van der Waals surface area contributed by atoms with Crippen LogP contribution in [0, 0.1) is 5.92 Å². The summed E-state index contributed by atoms with van der Waals surface area (Å²) >= 11 is 3.45. The predicted molar refractivity (Wildman–Crippen MR) is 88.9 cm³/mol. The van der Waals surface area contributed by atoms with Gasteiger partial charge in [0, 0.05) is 11.3 Å². The molecule has 0 aliphatic heterocycles. The van der Waals surface area contributed by atoms with Crippen LogP contribution in [0.25, 0.3) is 0 Å². The van der Waals surface area contributed by atoms with Gasteiger partial charge in [-0.2, -0.15) is 0 Å². The number of halogens is 1. The molecule has 0 unspecified atom stereocenters. The molecule has 0 saturated heterocycles. The minimum atomic E-state index is -0.141. The van der Waals surface area contributed by atoms with Crippen LogP contribution in [-0.2, 0) is 0 Å². The second-order valence-corrected chi connectivity index (χ2v) is 6.02. The van der Waals surface area contributed by atoms with E-state index >= 15 is 0 Å². The van der Waals surface area contributed by atoms with Crippen molar-refractivity contribution < 1.29 is 9.53 Å². The lowest BCUT2D eigenvalue weighted by Gasteiger charge is -2.11. The molecule has 0 saturated carbocycles. The number of ether oxygens (including phenoxy) is 1. The van der Waals surface area contributed by atoms with Gasteiger partial charge in [-0.3, -0.25) is 4.79 Å². The lowest BCUT2D eigenvalue weighted by Crippen LogP contribution is -2.12. The molecule has 0 aliphatic carbocycles. The minimum absolute atomic E-state index is 0.141. The van der Waals surface area contributed by atoms with Gasteiger partial charge >= 0.3 is 0 Å². The van der Waals surface area contributed by atoms with E-state index in [1.165, 1.54) is 0 Å². The van der Waals surface area contributed by atoms with Crippen molar-refractivity contribution in [3.8, 4) is 5.75 Å². The molecule has 0 atom stereocenters. The molecule has 0 spiro atoms. The Morgan fingerprint density at radius 2 is 1.90 bits per heavy atom. The van der Waals surface area contributed by atoms with E-state index in [4.69, 9.17) is 4.74 Å². The summed E-state index contributed by atoms with van der Waals surface area (Å²) in [4.78, 5) is 12.2. The highest BCUT2D eigenvalue weighted by Gasteiger charge is 2.10. The topological polar surface area (TPSA) is 38.3 Å². The molecule has 1 amide bonds. The molecule has 0 radical (unpaired) electrons. The highest BCUT2D eigenvalue weighted by Crippen LogP contribution is 2.26. The second-order valence-electron chi connectivity index (χ2n) is 5.17. The molecule has 0 fully saturated rings. The summed E-state index contributed by atoms with van der Waals surface area (Å²) in [6, 6.07) is 14.7. The van der Waals surface area contributed by atoms with Crippen molar-refractivity contribution in [1.29, 1.82) is 0 Å². The van der Waals surface area contributed by atoms with Crippen LogP contribution in [0.5, 0.6) is 5.75 Å². The maximum Gasteiger partial charge on any atom is 0.255 e. The van der Waals surface area contributed by atoms with Gasteiger partial charge in [-0.1, -0.05) is 32.0 Å². The zero-order valence-corrected chi connectivity index (χ0v) is 13.7. The van der Waals surface area contributed by atoms with Gasteiger partial charge in [0.15, 0.2) is 0 Å². The molecular formula is C17H18BrNO2. The molecule has 3 nitrogen and oxygen atoms in total. The minimum Gasteiger partial charge on any atom is -0.492 e. The van der Waals surface area contributed by atoms with E-state index in [-0.39, 0.29) is 5.91 Å². The number of nitrogens with one attached hydrogen (secondary N) is 1. The van der Waals surface area contributed by atoms with Crippen LogP contribution in [0.2, 0.25) is 0 Å². The van der Waals surface area contributed by atoms with Gasteiger partial charge < -0.3 is 10.1 Å². The van der Waals surface area contributed by atoms with Crippen LogP contribution in [0.1, 0.15) is 24.2 Å². The first-order valence-corrected chi connectivity index (χ1v) is 7.64. The van der Waals surface area contributed by atoms with Crippen molar-refractivity contribution in [2.24, 2.45) is 5.92 Å². The molecule has 0 heterocycles. The van der Waals surface area contributed by atoms with Crippen LogP contribution < -0.4 is 10.1 Å². The van der Waals surface area contributed by atoms with Crippen molar-refractivity contribution in [2.75, 3.05) is 11.9 Å². The van der Waals surface area contributed by atoms with Crippen molar-refractivity contribution in [3.63, 3.8) is 0 Å². The highest BCUT2D eigenvalue weighted by atomic mass is 79.9. The van der Waals surface area contributed by atoms with Crippen LogP contribution in [0.4, 0.5) is 5.69 Å². The lowest BCUT2D eigenvalue weighted by atomic mass is 10.2. The van der Waals surface area contributed by atoms with Gasteiger partial charge in [-0.25, -0.2) is 0 Å². The summed E-state index contributed by atoms with van der Waals surface area (Å²) in [5.41, 5.74) is 1.36. The average Bonchev–Trinajstić information content (AvgIpc) is 2.46. The number of carbonyl (C=O) groups excluding carboxylic acids is 1. The maximum atomic E-state index is 12.2. The summed E-state index contributed by atoms with van der Waals surface area (Å²) < 4.78 is 6.45. The summed E-state index contributed by atoms with van der Waals surface area (Å²) in [6.07, 6.45) is 0. The smallest absolute Gasteiger partial charge is 0.255 e. The molecule has 2 rings (SSSR count). The number of para-hydroxylation sites is 1. The lowest BCUT2D eigenvalue weighted by molar-refractivity contribution is 0.102. The molecule has 2 aromatic rings. The Labute approximate surface area is 133 Å². The van der Waals surface area contributed by atoms with Crippen LogP contribution >= 0.6 is 15.9 Å². The SMILES string of the molecule is CC(C)COc1ccc(C(=O)Nc2ccccc2)cc1Br. The molecule has 110 valence electrons. The number of carbonyl (C=O) groups is 1. The monoisotopic (exact) mass is 347 g/mol. The first-order valence-electron chi connectivity index (χ1n) is 6.85. The number of amides is 1. The van der Waals surface area contributed by atoms with E-state index in [0.29, 0.717) is 18.1 Å². The number of hydrogen-bond acceptors (Lipinski definition) is 2. The molecule has 2 aromatic carbocycles. The van der Waals surface area contributed by atoms with Gasteiger partial charge in [0.05, 0.1) is 11.1 Å². The Hall–Kier alpha value is -1.81. The molecule has 0 bridgehead atoms. The third kappa shape index (κ3) is 4.60. The fourth-order valence-corrected chi connectivity index (χ4v) is 2.23. The van der Waals surface area contributed by atoms with Crippen molar-refractivity contribution in [2.45, 2.75) is 13.8 Å². The quantitative estimate of drug-likeness (QED) is 0.848. The van der Waals surface area contributed by atoms with Gasteiger partial charge in [0.1, 0.15) is 5.75 Å². The first kappa shape index (κ1) is 15.6. The van der Waals surface area contributed by atoms with Crippen molar-refractivity contribution >= 4 is 27.5 Å². The van der Waals surface area contributed by atoms with Crippen LogP contribution in [-0.4, -0.2) is 12.5 Å². The molecule has 0 aliphatic rings. The molecular weight excluding hydrogens is 330 g/mol. The first-order chi connectivity index (χ1) is 10.1. The number of anilines is 1. The third-order valence-electron chi connectivity index (χ3n) is 2.80. The average molecular weight is 348 g/mol. The largest absolute Gasteiger partial charge is 0.492 e. The Bertz CT molecular complexity index is 611. The van der Waals surface area contributed by atoms with E-state index in [1.807, 2.05) is 36.4 Å². The van der Waals surface area contributed by atoms with Crippen molar-refractivity contribution in [3.05, 3.63) is 58.6 Å². The second kappa shape index (κ2) is 7.27. The highest BCUT2D eigenvalue weighted by molar-refractivity contribution is 9.10. The number of hydrogen-bond donors (Lipinski definition) is 1. The predicted octanol–water partition coefficient (Wildman–Crippen LogP) is 4.74. The third-order valence-corrected chi connectivity index (χ3v) is 3.42. The van der Waals surface area contributed by atoms with Gasteiger partial charge in [-0.05, 0) is 52.2 Å². The number of rotatable bonds is 5. The molecule has 21 heavy (non-hydrogen) atoms. The van der Waals surface area contributed by atoms with Gasteiger partial charge in [-0.15, -0.1) is 0 Å². The Morgan fingerprint density at radius 3 is 2.52 bits per heavy atom. The standard InChI is InChI=1S/C17H18BrNO2/c1-12(2)11-21-16-9-8-13(10-15(16)18)17(20)19-14-6-4-3-5-7-14/h3-10,12H,11H2,1-2H3,(H,19,20). The normalized spacial score (nSPS) is 10.5. The fraction of sp³-hybridized carbons (Fsp3) is 0.235. The van der Waals surface area contributed by atoms with E-state index < -0.39 is 0 Å². The zero-order valence-electron chi connectivity index (χ0n) is 12.1. The summed E-state index contributed by atoms with van der Waals surface area (Å²) in [5.74, 6) is 1.07. The van der Waals surface area contributed by atoms with Gasteiger partial charge in [0.25, 0.3) is 5.91 Å². The summed E-state index contributed by atoms with van der Waals surface area (Å²) in [6.45, 7) is 4.83. The zero-order chi connectivity index (χ0) is 15.2. The molecule has 4 heteroatoms. The van der Waals surface area contributed by atoms with Gasteiger partial charge in [0.2, 0.25) is 0 Å². The Kier molecular flexibility index (Phi) is 5.39. The number of benzene rings is 2. The molecule has 0 aromatic heterocycles. The van der Waals surface area contributed by atoms with Crippen LogP contribution in [0.3, 0.4) is 0 Å².